The fourth-order valence-corrected chi connectivity index (χ4v) is 1.34. The molecule has 0 heterocycles. The van der Waals surface area contributed by atoms with Gasteiger partial charge in [0, 0.05) is 0 Å². The first kappa shape index (κ1) is 15.0. The molecule has 19 heavy (non-hydrogen) atoms. The zero-order valence-electron chi connectivity index (χ0n) is 9.01. The van der Waals surface area contributed by atoms with Gasteiger partial charge in [0.15, 0.2) is 0 Å². The molecule has 0 bridgehead atoms. The molecule has 0 spiro atoms. The second-order valence-corrected chi connectivity index (χ2v) is 3.58. The Kier molecular flexibility index (Phi) is 3.88. The number of nitrogens with zero attached hydrogens (tertiary/aromatic N) is 1. The molecule has 1 atom stereocenters. The molecule has 8 heteroatoms. The largest absolute Gasteiger partial charge is 0.416 e. The molecule has 1 aromatic carbocycles. The highest BCUT2D eigenvalue weighted by molar-refractivity contribution is 5.67. The van der Waals surface area contributed by atoms with Crippen molar-refractivity contribution in [3.05, 3.63) is 34.9 Å². The van der Waals surface area contributed by atoms with E-state index in [1.54, 1.807) is 0 Å². The average Bonchev–Trinajstić information content (AvgIpc) is 2.28. The summed E-state index contributed by atoms with van der Waals surface area (Å²) in [4.78, 5) is 10.5. The number of hydrogen-bond acceptors (Lipinski definition) is 2. The van der Waals surface area contributed by atoms with Gasteiger partial charge in [-0.1, -0.05) is 0 Å². The summed E-state index contributed by atoms with van der Waals surface area (Å²) in [6.07, 6.45) is -10.0. The van der Waals surface area contributed by atoms with Gasteiger partial charge in [-0.05, 0) is 23.8 Å². The highest BCUT2D eigenvalue weighted by atomic mass is 19.4. The molecule has 1 aromatic rings. The maximum atomic E-state index is 12.5. The molecule has 2 nitrogen and oxygen atoms in total. The van der Waals surface area contributed by atoms with Crippen LogP contribution in [0.2, 0.25) is 0 Å². The van der Waals surface area contributed by atoms with E-state index in [0.717, 1.165) is 0 Å². The molecule has 1 unspecified atom stereocenters. The second-order valence-electron chi connectivity index (χ2n) is 3.58. The molecular weight excluding hydrogens is 276 g/mol. The molecular formula is C11H5F6NO. The van der Waals surface area contributed by atoms with Crippen LogP contribution in [-0.4, -0.2) is 6.29 Å². The van der Waals surface area contributed by atoms with Crippen molar-refractivity contribution < 1.29 is 31.1 Å². The minimum atomic E-state index is -5.00. The van der Waals surface area contributed by atoms with Gasteiger partial charge in [0.05, 0.1) is 17.2 Å². The van der Waals surface area contributed by atoms with Crippen molar-refractivity contribution in [2.75, 3.05) is 0 Å². The van der Waals surface area contributed by atoms with Gasteiger partial charge < -0.3 is 4.79 Å². The summed E-state index contributed by atoms with van der Waals surface area (Å²) in [5.41, 5.74) is -3.75. The Bertz CT molecular complexity index is 493. The first-order valence-corrected chi connectivity index (χ1v) is 4.74. The third kappa shape index (κ3) is 3.47. The highest BCUT2D eigenvalue weighted by Crippen LogP contribution is 2.37. The zero-order valence-corrected chi connectivity index (χ0v) is 9.01. The number of aldehydes is 1. The molecule has 0 aliphatic rings. The molecule has 0 aromatic heterocycles. The molecule has 0 amide bonds. The van der Waals surface area contributed by atoms with E-state index in [4.69, 9.17) is 5.26 Å². The monoisotopic (exact) mass is 281 g/mol. The third-order valence-electron chi connectivity index (χ3n) is 2.24. The Balaban J connectivity index is 3.50. The van der Waals surface area contributed by atoms with E-state index in [0.29, 0.717) is 12.1 Å². The Morgan fingerprint density at radius 2 is 1.42 bits per heavy atom. The van der Waals surface area contributed by atoms with Crippen molar-refractivity contribution in [3.8, 4) is 6.07 Å². The zero-order chi connectivity index (χ0) is 14.8. The number of benzene rings is 1. The Labute approximate surface area is 103 Å². The van der Waals surface area contributed by atoms with Crippen molar-refractivity contribution in [1.29, 1.82) is 5.26 Å². The molecule has 0 radical (unpaired) electrons. The van der Waals surface area contributed by atoms with E-state index >= 15 is 0 Å². The maximum absolute atomic E-state index is 12.5. The predicted octanol–water partition coefficient (Wildman–Crippen LogP) is 3.53. The summed E-state index contributed by atoms with van der Waals surface area (Å²) in [6, 6.07) is 1.97. The van der Waals surface area contributed by atoms with Crippen LogP contribution in [0.15, 0.2) is 18.2 Å². The van der Waals surface area contributed by atoms with E-state index in [9.17, 15) is 31.1 Å². The topological polar surface area (TPSA) is 40.9 Å². The van der Waals surface area contributed by atoms with Gasteiger partial charge in [-0.2, -0.15) is 31.6 Å². The molecule has 1 rings (SSSR count). The summed E-state index contributed by atoms with van der Waals surface area (Å²) in [7, 11) is 0. The number of carbonyl (C=O) groups excluding carboxylic acids is 1. The van der Waals surface area contributed by atoms with Gasteiger partial charge in [0.25, 0.3) is 0 Å². The van der Waals surface area contributed by atoms with Crippen LogP contribution in [0.25, 0.3) is 0 Å². The van der Waals surface area contributed by atoms with Gasteiger partial charge in [-0.3, -0.25) is 0 Å². The van der Waals surface area contributed by atoms with Crippen molar-refractivity contribution in [2.45, 2.75) is 18.3 Å². The molecule has 0 aliphatic carbocycles. The summed E-state index contributed by atoms with van der Waals surface area (Å²) in [6.45, 7) is 0. The van der Waals surface area contributed by atoms with Crippen molar-refractivity contribution in [1.82, 2.24) is 0 Å². The second kappa shape index (κ2) is 4.91. The van der Waals surface area contributed by atoms with E-state index in [-0.39, 0.29) is 12.4 Å². The standard InChI is InChI=1S/C11H5F6NO/c12-10(13,14)8-1-6(7(4-18)5-19)2-9(3-8)11(15,16)17/h1-3,5,7H. The molecule has 0 saturated carbocycles. The van der Waals surface area contributed by atoms with E-state index in [1.807, 2.05) is 0 Å². The molecule has 0 aliphatic heterocycles. The summed E-state index contributed by atoms with van der Waals surface area (Å²) in [5.74, 6) is -1.68. The first-order valence-electron chi connectivity index (χ1n) is 4.74. The van der Waals surface area contributed by atoms with Crippen LogP contribution in [0.4, 0.5) is 26.3 Å². The van der Waals surface area contributed by atoms with Crippen LogP contribution < -0.4 is 0 Å². The SMILES string of the molecule is N#CC(C=O)c1cc(C(F)(F)F)cc(C(F)(F)F)c1. The Hall–Kier alpha value is -2.04. The van der Waals surface area contributed by atoms with Gasteiger partial charge in [0.2, 0.25) is 0 Å². The molecule has 0 N–H and O–H groups in total. The lowest BCUT2D eigenvalue weighted by atomic mass is 9.96. The fourth-order valence-electron chi connectivity index (χ4n) is 1.34. The molecule has 0 saturated heterocycles. The number of rotatable bonds is 2. The van der Waals surface area contributed by atoms with Gasteiger partial charge in [-0.25, -0.2) is 0 Å². The minimum absolute atomic E-state index is 0.0182. The van der Waals surface area contributed by atoms with Crippen molar-refractivity contribution >= 4 is 6.29 Å². The van der Waals surface area contributed by atoms with Crippen molar-refractivity contribution in [3.63, 3.8) is 0 Å². The quantitative estimate of drug-likeness (QED) is 0.614. The number of nitriles is 1. The fraction of sp³-hybridized carbons (Fsp3) is 0.273. The maximum Gasteiger partial charge on any atom is 0.416 e. The number of halogens is 6. The minimum Gasteiger partial charge on any atom is -0.302 e. The normalized spacial score (nSPS) is 13.7. The number of hydrogen-bond donors (Lipinski definition) is 0. The van der Waals surface area contributed by atoms with Gasteiger partial charge in [0.1, 0.15) is 12.2 Å². The predicted molar refractivity (Wildman–Crippen MR) is 50.9 cm³/mol. The summed E-state index contributed by atoms with van der Waals surface area (Å²) in [5, 5.41) is 8.52. The molecule has 102 valence electrons. The lowest BCUT2D eigenvalue weighted by Crippen LogP contribution is -2.13. The lowest BCUT2D eigenvalue weighted by Gasteiger charge is -2.14. The smallest absolute Gasteiger partial charge is 0.302 e. The van der Waals surface area contributed by atoms with Gasteiger partial charge in [-0.15, -0.1) is 0 Å². The summed E-state index contributed by atoms with van der Waals surface area (Å²) >= 11 is 0. The summed E-state index contributed by atoms with van der Waals surface area (Å²) < 4.78 is 74.8. The molecule has 0 fully saturated rings. The van der Waals surface area contributed by atoms with Crippen molar-refractivity contribution in [2.24, 2.45) is 0 Å². The highest BCUT2D eigenvalue weighted by Gasteiger charge is 2.37. The van der Waals surface area contributed by atoms with E-state index in [2.05, 4.69) is 0 Å². The average molecular weight is 281 g/mol. The first-order chi connectivity index (χ1) is 8.59. The lowest BCUT2D eigenvalue weighted by molar-refractivity contribution is -0.143. The number of alkyl halides is 6. The Morgan fingerprint density at radius 3 is 1.68 bits per heavy atom. The van der Waals surface area contributed by atoms with Crippen LogP contribution in [-0.2, 0) is 17.1 Å². The van der Waals surface area contributed by atoms with E-state index in [1.165, 1.54) is 6.07 Å². The van der Waals surface area contributed by atoms with Crippen LogP contribution in [0.3, 0.4) is 0 Å². The van der Waals surface area contributed by atoms with Gasteiger partial charge >= 0.3 is 12.4 Å². The third-order valence-corrected chi connectivity index (χ3v) is 2.24. The Morgan fingerprint density at radius 1 is 1.00 bits per heavy atom. The van der Waals surface area contributed by atoms with E-state index < -0.39 is 35.0 Å². The van der Waals surface area contributed by atoms with Crippen LogP contribution >= 0.6 is 0 Å². The van der Waals surface area contributed by atoms with Crippen LogP contribution in [0, 0.1) is 11.3 Å². The van der Waals surface area contributed by atoms with Crippen LogP contribution in [0.1, 0.15) is 22.6 Å². The number of carbonyl (C=O) groups is 1. The van der Waals surface area contributed by atoms with Crippen LogP contribution in [0.5, 0.6) is 0 Å².